The number of anilines is 1. The van der Waals surface area contributed by atoms with Gasteiger partial charge < -0.3 is 10.6 Å². The van der Waals surface area contributed by atoms with Crippen LogP contribution >= 0.6 is 0 Å². The first-order valence-corrected chi connectivity index (χ1v) is 13.6. The lowest BCUT2D eigenvalue weighted by molar-refractivity contribution is -0.137. The highest BCUT2D eigenvalue weighted by Crippen LogP contribution is 2.38. The van der Waals surface area contributed by atoms with Gasteiger partial charge in [0.25, 0.3) is 5.95 Å². The first-order valence-electron chi connectivity index (χ1n) is 13.6. The molecule has 43 heavy (non-hydrogen) atoms. The van der Waals surface area contributed by atoms with Crippen molar-refractivity contribution in [1.82, 2.24) is 35.0 Å². The first-order chi connectivity index (χ1) is 20.7. The van der Waals surface area contributed by atoms with Crippen LogP contribution in [0.25, 0.3) is 33.7 Å². The Hall–Kier alpha value is -5.22. The second-order valence-electron chi connectivity index (χ2n) is 10.2. The average molecular weight is 586 g/mol. The Morgan fingerprint density at radius 3 is 2.60 bits per heavy atom. The van der Waals surface area contributed by atoms with Crippen molar-refractivity contribution in [3.8, 4) is 34.1 Å². The molecule has 6 rings (SSSR count). The molecule has 0 radical (unpaired) electrons. The molecule has 1 fully saturated rings. The van der Waals surface area contributed by atoms with E-state index in [-0.39, 0.29) is 17.6 Å². The molecule has 13 heteroatoms. The van der Waals surface area contributed by atoms with Gasteiger partial charge in [-0.15, -0.1) is 5.10 Å². The molecule has 1 aliphatic heterocycles. The number of nitrogens with zero attached hydrogens (tertiary/aromatic N) is 6. The molecule has 0 aliphatic carbocycles. The first kappa shape index (κ1) is 27.9. The van der Waals surface area contributed by atoms with E-state index in [4.69, 9.17) is 0 Å². The molecule has 0 spiro atoms. The molecule has 0 unspecified atom stereocenters. The van der Waals surface area contributed by atoms with E-state index in [0.29, 0.717) is 39.2 Å². The summed E-state index contributed by atoms with van der Waals surface area (Å²) in [7, 11) is 0. The molecule has 10 nitrogen and oxygen atoms in total. The summed E-state index contributed by atoms with van der Waals surface area (Å²) in [6, 6.07) is 15.3. The Kier molecular flexibility index (Phi) is 7.29. The summed E-state index contributed by atoms with van der Waals surface area (Å²) in [5.41, 5.74) is 3.31. The second kappa shape index (κ2) is 11.2. The summed E-state index contributed by atoms with van der Waals surface area (Å²) in [5, 5.41) is 27.0. The topological polar surface area (TPSA) is 125 Å². The largest absolute Gasteiger partial charge is 0.416 e. The lowest BCUT2D eigenvalue weighted by atomic mass is 9.95. The van der Waals surface area contributed by atoms with Crippen LogP contribution < -0.4 is 16.0 Å². The van der Waals surface area contributed by atoms with Gasteiger partial charge in [0.2, 0.25) is 0 Å². The normalized spacial score (nSPS) is 14.0. The Balaban J connectivity index is 1.47. The number of pyridine rings is 1. The summed E-state index contributed by atoms with van der Waals surface area (Å²) < 4.78 is 44.3. The number of hydrogen-bond donors (Lipinski definition) is 3. The Morgan fingerprint density at radius 1 is 1.12 bits per heavy atom. The van der Waals surface area contributed by atoms with Gasteiger partial charge in [-0.3, -0.25) is 5.32 Å². The minimum absolute atomic E-state index is 0.00955. The number of carbonyl (C=O) groups is 1. The molecular formula is C30H26F3N9O. The van der Waals surface area contributed by atoms with Crippen LogP contribution in [0.3, 0.4) is 0 Å². The number of rotatable bonds is 5. The number of hydrogen-bond acceptors (Lipinski definition) is 6. The molecule has 1 aliphatic rings. The predicted molar refractivity (Wildman–Crippen MR) is 153 cm³/mol. The molecule has 1 saturated heterocycles. The third-order valence-corrected chi connectivity index (χ3v) is 7.42. The van der Waals surface area contributed by atoms with Gasteiger partial charge in [-0.2, -0.15) is 28.5 Å². The number of alkyl halides is 3. The van der Waals surface area contributed by atoms with Gasteiger partial charge in [0.15, 0.2) is 5.65 Å². The monoisotopic (exact) mass is 585 g/mol. The van der Waals surface area contributed by atoms with E-state index in [1.54, 1.807) is 60.4 Å². The van der Waals surface area contributed by atoms with Crippen molar-refractivity contribution in [2.24, 2.45) is 0 Å². The van der Waals surface area contributed by atoms with Gasteiger partial charge in [0.05, 0.1) is 34.8 Å². The molecular weight excluding hydrogens is 559 g/mol. The molecule has 0 atom stereocenters. The lowest BCUT2D eigenvalue weighted by Gasteiger charge is -2.23. The maximum atomic E-state index is 13.7. The Bertz CT molecular complexity index is 1850. The number of piperidine rings is 1. The summed E-state index contributed by atoms with van der Waals surface area (Å²) in [4.78, 5) is 17.3. The van der Waals surface area contributed by atoms with E-state index in [1.165, 1.54) is 10.6 Å². The minimum atomic E-state index is -4.54. The van der Waals surface area contributed by atoms with Crippen LogP contribution in [0.4, 0.5) is 23.9 Å². The number of carbonyl (C=O) groups excluding carboxylic acids is 1. The molecule has 5 aromatic rings. The summed E-state index contributed by atoms with van der Waals surface area (Å²) in [6.07, 6.45) is 0.365. The van der Waals surface area contributed by atoms with Crippen molar-refractivity contribution < 1.29 is 18.0 Å². The van der Waals surface area contributed by atoms with Crippen molar-refractivity contribution >= 4 is 17.6 Å². The Morgan fingerprint density at radius 2 is 1.88 bits per heavy atom. The molecule has 3 aromatic heterocycles. The van der Waals surface area contributed by atoms with E-state index in [9.17, 15) is 23.2 Å². The number of aromatic nitrogens is 5. The van der Waals surface area contributed by atoms with Crippen molar-refractivity contribution in [3.63, 3.8) is 0 Å². The summed E-state index contributed by atoms with van der Waals surface area (Å²) in [6.45, 7) is 3.41. The van der Waals surface area contributed by atoms with Gasteiger partial charge >= 0.3 is 12.2 Å². The van der Waals surface area contributed by atoms with E-state index < -0.39 is 17.8 Å². The number of urea groups is 1. The van der Waals surface area contributed by atoms with Crippen molar-refractivity contribution in [3.05, 3.63) is 83.7 Å². The zero-order valence-corrected chi connectivity index (χ0v) is 23.0. The molecule has 218 valence electrons. The molecule has 4 heterocycles. The fraction of sp³-hybridized carbons (Fsp3) is 0.233. The van der Waals surface area contributed by atoms with Gasteiger partial charge in [0.1, 0.15) is 0 Å². The van der Waals surface area contributed by atoms with Crippen LogP contribution in [0.1, 0.15) is 29.5 Å². The fourth-order valence-corrected chi connectivity index (χ4v) is 5.29. The average Bonchev–Trinajstić information content (AvgIpc) is 3.64. The predicted octanol–water partition coefficient (Wildman–Crippen LogP) is 5.32. The standard InChI is InChI=1S/C30H26F3N9O/c1-18-24(25-11-14-36-42(25)23-7-5-19(16-34)6-8-23)17-41-27(26(18)20-3-2-4-21(15-20)30(31,32)33)38-28(40-41)39-29(43)37-22-9-12-35-13-10-22/h2-8,11,14-15,17,22,35H,9-10,12-13H2,1H3,(H2,37,39,40,43). The highest BCUT2D eigenvalue weighted by Gasteiger charge is 2.31. The summed E-state index contributed by atoms with van der Waals surface area (Å²) in [5.74, 6) is 0.0109. The third-order valence-electron chi connectivity index (χ3n) is 7.42. The van der Waals surface area contributed by atoms with Gasteiger partial charge in [-0.05, 0) is 86.4 Å². The van der Waals surface area contributed by atoms with Crippen molar-refractivity contribution in [1.29, 1.82) is 5.26 Å². The highest BCUT2D eigenvalue weighted by molar-refractivity contribution is 5.90. The number of halogens is 3. The van der Waals surface area contributed by atoms with Gasteiger partial charge in [-0.25, -0.2) is 14.0 Å². The van der Waals surface area contributed by atoms with Gasteiger partial charge in [0, 0.05) is 23.4 Å². The van der Waals surface area contributed by atoms with Crippen LogP contribution in [-0.4, -0.2) is 49.5 Å². The van der Waals surface area contributed by atoms with Crippen LogP contribution in [-0.2, 0) is 6.18 Å². The second-order valence-corrected chi connectivity index (χ2v) is 10.2. The number of amides is 2. The van der Waals surface area contributed by atoms with Gasteiger partial charge in [-0.1, -0.05) is 12.1 Å². The van der Waals surface area contributed by atoms with Crippen molar-refractivity contribution in [2.45, 2.75) is 32.0 Å². The van der Waals surface area contributed by atoms with E-state index in [2.05, 4.69) is 37.2 Å². The molecule has 0 saturated carbocycles. The maximum absolute atomic E-state index is 13.7. The van der Waals surface area contributed by atoms with Crippen molar-refractivity contribution in [2.75, 3.05) is 18.4 Å². The highest BCUT2D eigenvalue weighted by atomic mass is 19.4. The zero-order chi connectivity index (χ0) is 30.1. The fourth-order valence-electron chi connectivity index (χ4n) is 5.29. The number of benzene rings is 2. The zero-order valence-electron chi connectivity index (χ0n) is 23.0. The van der Waals surface area contributed by atoms with Crippen LogP contribution in [0.15, 0.2) is 67.0 Å². The lowest BCUT2D eigenvalue weighted by Crippen LogP contribution is -2.44. The van der Waals surface area contributed by atoms with E-state index >= 15 is 0 Å². The number of nitrogens with one attached hydrogen (secondary N) is 3. The van der Waals surface area contributed by atoms with E-state index in [1.807, 2.05) is 0 Å². The number of nitriles is 1. The maximum Gasteiger partial charge on any atom is 0.416 e. The summed E-state index contributed by atoms with van der Waals surface area (Å²) >= 11 is 0. The molecule has 2 amide bonds. The smallest absolute Gasteiger partial charge is 0.335 e. The van der Waals surface area contributed by atoms with E-state index in [0.717, 1.165) is 38.1 Å². The Labute approximate surface area is 244 Å². The minimum Gasteiger partial charge on any atom is -0.335 e. The van der Waals surface area contributed by atoms with Crippen LogP contribution in [0.5, 0.6) is 0 Å². The molecule has 0 bridgehead atoms. The third kappa shape index (κ3) is 5.64. The SMILES string of the molecule is Cc1c(-c2ccnn2-c2ccc(C#N)cc2)cn2nc(NC(=O)NC3CCNCC3)nc2c1-c1cccc(C(F)(F)F)c1. The molecule has 3 N–H and O–H groups in total. The van der Waals surface area contributed by atoms with Crippen LogP contribution in [0.2, 0.25) is 0 Å². The molecule has 2 aromatic carbocycles. The van der Waals surface area contributed by atoms with Crippen LogP contribution in [0, 0.1) is 18.3 Å². The number of fused-ring (bicyclic) bond motifs is 1. The quantitative estimate of drug-likeness (QED) is 0.256.